The van der Waals surface area contributed by atoms with Gasteiger partial charge in [0.05, 0.1) is 12.7 Å². The van der Waals surface area contributed by atoms with E-state index in [1.54, 1.807) is 0 Å². The van der Waals surface area contributed by atoms with Crippen molar-refractivity contribution < 1.29 is 34.7 Å². The third kappa shape index (κ3) is 4.05. The van der Waals surface area contributed by atoms with E-state index in [-0.39, 0.29) is 51.6 Å². The van der Waals surface area contributed by atoms with Crippen LogP contribution in [0.5, 0.6) is 0 Å². The van der Waals surface area contributed by atoms with Crippen LogP contribution in [0.4, 0.5) is 0 Å². The first-order chi connectivity index (χ1) is 19.5. The normalized spacial score (nSPS) is 54.3. The Hall–Kier alpha value is -0.990. The lowest BCUT2D eigenvalue weighted by atomic mass is 9.33. The van der Waals surface area contributed by atoms with E-state index in [1.807, 2.05) is 0 Å². The fourth-order valence-corrected chi connectivity index (χ4v) is 12.0. The third-order valence-electron chi connectivity index (χ3n) is 14.8. The molecule has 0 spiro atoms. The van der Waals surface area contributed by atoms with Crippen LogP contribution in [0.15, 0.2) is 12.2 Å². The van der Waals surface area contributed by atoms with Crippen LogP contribution in [-0.4, -0.2) is 58.6 Å². The van der Waals surface area contributed by atoms with Crippen LogP contribution >= 0.6 is 0 Å². The molecule has 1 heterocycles. The van der Waals surface area contributed by atoms with Crippen molar-refractivity contribution in [3.8, 4) is 0 Å². The van der Waals surface area contributed by atoms with Gasteiger partial charge in [-0.2, -0.15) is 0 Å². The van der Waals surface area contributed by atoms with Gasteiger partial charge < -0.3 is 34.7 Å². The number of aliphatic hydroxyl groups excluding tert-OH is 3. The summed E-state index contributed by atoms with van der Waals surface area (Å²) < 4.78 is 12.2. The third-order valence-corrected chi connectivity index (χ3v) is 14.8. The molecule has 42 heavy (non-hydrogen) atoms. The monoisotopic (exact) mass is 587 g/mol. The molecule has 0 unspecified atom stereocenters. The smallest absolute Gasteiger partial charge is 0.186 e. The first-order valence-electron chi connectivity index (χ1n) is 16.6. The summed E-state index contributed by atoms with van der Waals surface area (Å²) in [5.41, 5.74) is -0.617. The number of rotatable bonds is 4. The molecule has 0 aromatic carbocycles. The van der Waals surface area contributed by atoms with Crippen LogP contribution in [0.25, 0.3) is 0 Å². The van der Waals surface area contributed by atoms with Gasteiger partial charge in [0.2, 0.25) is 0 Å². The average molecular weight is 588 g/mol. The van der Waals surface area contributed by atoms with Gasteiger partial charge in [0.1, 0.15) is 18.3 Å². The second kappa shape index (κ2) is 9.75. The van der Waals surface area contributed by atoms with Crippen LogP contribution in [-0.2, 0) is 14.3 Å². The molecular weight excluding hydrogens is 532 g/mol. The number of hydrogen-bond donors (Lipinski definition) is 3. The van der Waals surface area contributed by atoms with E-state index in [9.17, 15) is 25.2 Å². The molecule has 7 nitrogen and oxygen atoms in total. The summed E-state index contributed by atoms with van der Waals surface area (Å²) in [7, 11) is 0. The molecule has 0 aromatic rings. The summed E-state index contributed by atoms with van der Waals surface area (Å²) in [5, 5.41) is 43.2. The lowest BCUT2D eigenvalue weighted by molar-refractivity contribution is -0.332. The number of aliphatic carboxylic acids is 1. The molecule has 1 aliphatic heterocycles. The minimum Gasteiger partial charge on any atom is -0.550 e. The van der Waals surface area contributed by atoms with E-state index in [0.29, 0.717) is 11.8 Å². The summed E-state index contributed by atoms with van der Waals surface area (Å²) in [4.78, 5) is 12.8. The summed E-state index contributed by atoms with van der Waals surface area (Å²) in [5.74, 6) is 0.302. The molecule has 5 fully saturated rings. The van der Waals surface area contributed by atoms with Gasteiger partial charge in [-0.05, 0) is 109 Å². The molecule has 13 atom stereocenters. The Bertz CT molecular complexity index is 1120. The standard InChI is InChI=1S/C35H56O7/c1-30(2)14-16-35(29(39)40)17-15-33(6)20(21(35)18-30)8-9-24-32(5)12-11-25(31(3,4)23(32)10-13-34(24,33)7)42-28-27(38)26(37)22(19-36)41-28/h8-9,20-28,36-38H,10-19H2,1-7H3,(H,39,40)/p-1/t20-,21-,22+,23-,24-,25-,26+,27-,28+,32-,33+,34+,35+/m0/s1. The van der Waals surface area contributed by atoms with Crippen LogP contribution < -0.4 is 5.11 Å². The number of carboxylic acids is 1. The molecule has 0 aromatic heterocycles. The number of carboxylic acid groups (broad SMARTS) is 1. The first-order valence-corrected chi connectivity index (χ1v) is 16.6. The van der Waals surface area contributed by atoms with Crippen molar-refractivity contribution in [3.05, 3.63) is 12.2 Å². The number of carbonyl (C=O) groups excluding carboxylic acids is 1. The second-order valence-electron chi connectivity index (χ2n) is 17.4. The quantitative estimate of drug-likeness (QED) is 0.422. The Balaban J connectivity index is 1.30. The maximum atomic E-state index is 12.8. The van der Waals surface area contributed by atoms with E-state index >= 15 is 0 Å². The second-order valence-corrected chi connectivity index (χ2v) is 17.4. The van der Waals surface area contributed by atoms with Gasteiger partial charge in [-0.3, -0.25) is 0 Å². The van der Waals surface area contributed by atoms with Gasteiger partial charge in [0, 0.05) is 11.4 Å². The summed E-state index contributed by atoms with van der Waals surface area (Å²) in [6.07, 6.45) is 8.99. The average Bonchev–Trinajstić information content (AvgIpc) is 3.18. The zero-order valence-corrected chi connectivity index (χ0v) is 26.9. The van der Waals surface area contributed by atoms with Crippen LogP contribution in [0, 0.1) is 56.2 Å². The largest absolute Gasteiger partial charge is 0.550 e. The summed E-state index contributed by atoms with van der Waals surface area (Å²) in [6, 6.07) is 0. The van der Waals surface area contributed by atoms with Gasteiger partial charge in [-0.1, -0.05) is 60.6 Å². The van der Waals surface area contributed by atoms with E-state index in [0.717, 1.165) is 57.8 Å². The predicted molar refractivity (Wildman–Crippen MR) is 157 cm³/mol. The molecule has 238 valence electrons. The van der Waals surface area contributed by atoms with Crippen molar-refractivity contribution in [2.45, 2.75) is 137 Å². The summed E-state index contributed by atoms with van der Waals surface area (Å²) >= 11 is 0. The number of fused-ring (bicyclic) bond motifs is 7. The fourth-order valence-electron chi connectivity index (χ4n) is 12.0. The van der Waals surface area contributed by atoms with Gasteiger partial charge in [0.15, 0.2) is 6.29 Å². The van der Waals surface area contributed by atoms with Crippen LogP contribution in [0.2, 0.25) is 0 Å². The lowest BCUT2D eigenvalue weighted by Gasteiger charge is -2.72. The van der Waals surface area contributed by atoms with Crippen molar-refractivity contribution in [3.63, 3.8) is 0 Å². The number of aliphatic hydroxyl groups is 3. The van der Waals surface area contributed by atoms with Gasteiger partial charge in [-0.25, -0.2) is 0 Å². The molecule has 7 heteroatoms. The highest BCUT2D eigenvalue weighted by Gasteiger charge is 2.69. The van der Waals surface area contributed by atoms with E-state index in [2.05, 4.69) is 60.6 Å². The van der Waals surface area contributed by atoms with E-state index in [1.165, 1.54) is 0 Å². The number of allylic oxidation sites excluding steroid dienone is 2. The minimum atomic E-state index is -1.18. The topological polar surface area (TPSA) is 119 Å². The highest BCUT2D eigenvalue weighted by atomic mass is 16.7. The van der Waals surface area contributed by atoms with Gasteiger partial charge in [0.25, 0.3) is 0 Å². The lowest BCUT2D eigenvalue weighted by Crippen LogP contribution is -2.67. The molecule has 3 N–H and O–H groups in total. The Morgan fingerprint density at radius 2 is 1.60 bits per heavy atom. The van der Waals surface area contributed by atoms with Crippen molar-refractivity contribution in [1.29, 1.82) is 0 Å². The van der Waals surface area contributed by atoms with Crippen LogP contribution in [0.1, 0.15) is 106 Å². The first kappa shape index (κ1) is 31.0. The van der Waals surface area contributed by atoms with Crippen molar-refractivity contribution >= 4 is 5.97 Å². The Morgan fingerprint density at radius 1 is 0.905 bits per heavy atom. The molecule has 6 aliphatic rings. The molecule has 0 amide bonds. The zero-order chi connectivity index (χ0) is 30.7. The molecular formula is C35H55O7-. The highest BCUT2D eigenvalue weighted by Crippen LogP contribution is 2.75. The molecule has 0 bridgehead atoms. The fraction of sp³-hybridized carbons (Fsp3) is 0.914. The van der Waals surface area contributed by atoms with E-state index in [4.69, 9.17) is 9.47 Å². The summed E-state index contributed by atoms with van der Waals surface area (Å²) in [6.45, 7) is 16.3. The Labute approximate surface area is 252 Å². The molecule has 1 saturated heterocycles. The maximum Gasteiger partial charge on any atom is 0.186 e. The maximum absolute atomic E-state index is 12.8. The zero-order valence-electron chi connectivity index (χ0n) is 26.9. The minimum absolute atomic E-state index is 0.0200. The Morgan fingerprint density at radius 3 is 2.24 bits per heavy atom. The molecule has 4 saturated carbocycles. The highest BCUT2D eigenvalue weighted by molar-refractivity contribution is 5.73. The molecule has 0 radical (unpaired) electrons. The molecule has 6 rings (SSSR count). The van der Waals surface area contributed by atoms with E-state index < -0.39 is 36.0 Å². The number of carbonyl (C=O) groups is 1. The van der Waals surface area contributed by atoms with Crippen molar-refractivity contribution in [1.82, 2.24) is 0 Å². The van der Waals surface area contributed by atoms with Crippen molar-refractivity contribution in [2.24, 2.45) is 56.2 Å². The van der Waals surface area contributed by atoms with Gasteiger partial charge >= 0.3 is 0 Å². The molecule has 5 aliphatic carbocycles. The SMILES string of the molecule is CC1(C)CC[C@@]2(C(=O)[O-])CC[C@]3(C)[C@@H](C=C[C@H]4[C@@]5(C)CC[C@H](O[C@H]6O[C@H](CO)[C@@H](O)[C@@H]6O)C(C)(C)[C@@H]5CC[C@]43C)[C@@H]2C1. The van der Waals surface area contributed by atoms with Crippen LogP contribution in [0.3, 0.4) is 0 Å². The van der Waals surface area contributed by atoms with Gasteiger partial charge in [-0.15, -0.1) is 0 Å². The van der Waals surface area contributed by atoms with Crippen molar-refractivity contribution in [2.75, 3.05) is 6.61 Å². The number of ether oxygens (including phenoxy) is 2. The predicted octanol–water partition coefficient (Wildman–Crippen LogP) is 4.22. The number of hydrogen-bond acceptors (Lipinski definition) is 7. The Kier molecular flexibility index (Phi) is 7.20.